The summed E-state index contributed by atoms with van der Waals surface area (Å²) in [7, 11) is 0. The van der Waals surface area contributed by atoms with Gasteiger partial charge in [0.15, 0.2) is 0 Å². The maximum atomic E-state index is 12.9. The van der Waals surface area contributed by atoms with Gasteiger partial charge >= 0.3 is 6.18 Å². The van der Waals surface area contributed by atoms with E-state index in [0.717, 1.165) is 17.0 Å². The number of rotatable bonds is 3. The molecule has 1 aromatic heterocycles. The zero-order valence-corrected chi connectivity index (χ0v) is 12.4. The van der Waals surface area contributed by atoms with Crippen molar-refractivity contribution < 1.29 is 18.0 Å². The molecule has 0 unspecified atom stereocenters. The normalized spacial score (nSPS) is 11.4. The van der Waals surface area contributed by atoms with Gasteiger partial charge in [0, 0.05) is 9.35 Å². The van der Waals surface area contributed by atoms with E-state index in [4.69, 9.17) is 0 Å². The number of amides is 1. The van der Waals surface area contributed by atoms with Crippen LogP contribution in [0.1, 0.15) is 20.8 Å². The lowest BCUT2D eigenvalue weighted by atomic mass is 10.1. The number of hydrogen-bond donors (Lipinski definition) is 1. The van der Waals surface area contributed by atoms with Crippen LogP contribution >= 0.6 is 27.3 Å². The van der Waals surface area contributed by atoms with Gasteiger partial charge in [-0.05, 0) is 29.6 Å². The summed E-state index contributed by atoms with van der Waals surface area (Å²) >= 11 is 4.41. The van der Waals surface area contributed by atoms with Crippen LogP contribution in [-0.2, 0) is 12.7 Å². The Balaban J connectivity index is 2.21. The van der Waals surface area contributed by atoms with Gasteiger partial charge in [0.1, 0.15) is 0 Å². The van der Waals surface area contributed by atoms with E-state index >= 15 is 0 Å². The highest BCUT2D eigenvalue weighted by Gasteiger charge is 2.35. The number of halogens is 4. The van der Waals surface area contributed by atoms with Crippen LogP contribution in [0, 0.1) is 0 Å². The lowest BCUT2D eigenvalue weighted by molar-refractivity contribution is -0.138. The Kier molecular flexibility index (Phi) is 4.49. The molecule has 106 valence electrons. The monoisotopic (exact) mass is 363 g/mol. The minimum atomic E-state index is -4.57. The predicted octanol–water partition coefficient (Wildman–Crippen LogP) is 4.46. The molecular weight excluding hydrogens is 355 g/mol. The zero-order valence-electron chi connectivity index (χ0n) is 10.00. The molecule has 7 heteroatoms. The largest absolute Gasteiger partial charge is 0.417 e. The van der Waals surface area contributed by atoms with Crippen molar-refractivity contribution in [3.05, 3.63) is 56.2 Å². The Bertz CT molecular complexity index is 611. The quantitative estimate of drug-likeness (QED) is 0.856. The van der Waals surface area contributed by atoms with E-state index in [1.165, 1.54) is 17.4 Å². The standard InChI is InChI=1S/C13H9BrF3NOS/c14-8-3-4-10(11(6-8)13(15,16)17)12(19)18-7-9-2-1-5-20-9/h1-6H,7H2,(H,18,19). The second-order valence-electron chi connectivity index (χ2n) is 3.95. The fourth-order valence-corrected chi connectivity index (χ4v) is 2.63. The third kappa shape index (κ3) is 3.61. The van der Waals surface area contributed by atoms with Gasteiger partial charge in [-0.25, -0.2) is 0 Å². The van der Waals surface area contributed by atoms with Crippen LogP contribution in [0.15, 0.2) is 40.2 Å². The van der Waals surface area contributed by atoms with Gasteiger partial charge in [-0.1, -0.05) is 22.0 Å². The van der Waals surface area contributed by atoms with Crippen molar-refractivity contribution in [1.82, 2.24) is 5.32 Å². The zero-order chi connectivity index (χ0) is 14.8. The Morgan fingerprint density at radius 2 is 2.05 bits per heavy atom. The first kappa shape index (κ1) is 15.1. The first-order chi connectivity index (χ1) is 9.38. The van der Waals surface area contributed by atoms with Gasteiger partial charge in [-0.3, -0.25) is 4.79 Å². The summed E-state index contributed by atoms with van der Waals surface area (Å²) < 4.78 is 39.0. The number of alkyl halides is 3. The summed E-state index contributed by atoms with van der Waals surface area (Å²) in [5.41, 5.74) is -1.33. The molecular formula is C13H9BrF3NOS. The molecule has 1 aromatic carbocycles. The maximum absolute atomic E-state index is 12.9. The Labute approximate surface area is 125 Å². The predicted molar refractivity (Wildman–Crippen MR) is 74.6 cm³/mol. The molecule has 0 atom stereocenters. The lowest BCUT2D eigenvalue weighted by Gasteiger charge is -2.13. The summed E-state index contributed by atoms with van der Waals surface area (Å²) in [6.45, 7) is 0.212. The van der Waals surface area contributed by atoms with Gasteiger partial charge in [-0.15, -0.1) is 11.3 Å². The van der Waals surface area contributed by atoms with Gasteiger partial charge in [-0.2, -0.15) is 13.2 Å². The highest BCUT2D eigenvalue weighted by molar-refractivity contribution is 9.10. The van der Waals surface area contributed by atoms with Crippen LogP contribution in [0.25, 0.3) is 0 Å². The fourth-order valence-electron chi connectivity index (χ4n) is 1.62. The molecule has 0 aliphatic carbocycles. The third-order valence-electron chi connectivity index (χ3n) is 2.53. The number of nitrogens with one attached hydrogen (secondary N) is 1. The molecule has 1 N–H and O–H groups in total. The molecule has 2 rings (SSSR count). The van der Waals surface area contributed by atoms with Gasteiger partial charge in [0.05, 0.1) is 17.7 Å². The number of benzene rings is 1. The molecule has 0 aliphatic rings. The summed E-state index contributed by atoms with van der Waals surface area (Å²) in [5, 5.41) is 4.33. The average molecular weight is 364 g/mol. The van der Waals surface area contributed by atoms with E-state index in [-0.39, 0.29) is 16.6 Å². The summed E-state index contributed by atoms with van der Waals surface area (Å²) in [5.74, 6) is -0.738. The molecule has 0 bridgehead atoms. The van der Waals surface area contributed by atoms with Crippen LogP contribution in [0.3, 0.4) is 0 Å². The average Bonchev–Trinajstić information content (AvgIpc) is 2.88. The minimum absolute atomic E-state index is 0.212. The molecule has 0 aliphatic heterocycles. The molecule has 0 saturated carbocycles. The molecule has 0 spiro atoms. The van der Waals surface area contributed by atoms with Crippen LogP contribution in [0.2, 0.25) is 0 Å². The molecule has 2 nitrogen and oxygen atoms in total. The molecule has 0 saturated heterocycles. The molecule has 1 heterocycles. The van der Waals surface area contributed by atoms with E-state index in [1.54, 1.807) is 6.07 Å². The number of carbonyl (C=O) groups is 1. The summed E-state index contributed by atoms with van der Waals surface area (Å²) in [6, 6.07) is 7.09. The van der Waals surface area contributed by atoms with Gasteiger partial charge in [0.2, 0.25) is 0 Å². The van der Waals surface area contributed by atoms with E-state index < -0.39 is 17.6 Å². The maximum Gasteiger partial charge on any atom is 0.417 e. The number of thiophene rings is 1. The van der Waals surface area contributed by atoms with Gasteiger partial charge < -0.3 is 5.32 Å². The first-order valence-electron chi connectivity index (χ1n) is 5.55. The Morgan fingerprint density at radius 1 is 1.30 bits per heavy atom. The van der Waals surface area contributed by atoms with Crippen molar-refractivity contribution in [2.75, 3.05) is 0 Å². The summed E-state index contributed by atoms with van der Waals surface area (Å²) in [4.78, 5) is 12.8. The lowest BCUT2D eigenvalue weighted by Crippen LogP contribution is -2.25. The smallest absolute Gasteiger partial charge is 0.347 e. The van der Waals surface area contributed by atoms with E-state index in [1.807, 2.05) is 11.4 Å². The number of carbonyl (C=O) groups excluding carboxylic acids is 1. The SMILES string of the molecule is O=C(NCc1cccs1)c1ccc(Br)cc1C(F)(F)F. The van der Waals surface area contributed by atoms with Crippen molar-refractivity contribution in [3.8, 4) is 0 Å². The fraction of sp³-hybridized carbons (Fsp3) is 0.154. The molecule has 0 radical (unpaired) electrons. The first-order valence-corrected chi connectivity index (χ1v) is 7.22. The van der Waals surface area contributed by atoms with Crippen LogP contribution in [0.4, 0.5) is 13.2 Å². The van der Waals surface area contributed by atoms with Crippen molar-refractivity contribution in [3.63, 3.8) is 0 Å². The number of hydrogen-bond acceptors (Lipinski definition) is 2. The van der Waals surface area contributed by atoms with E-state index in [0.29, 0.717) is 0 Å². The third-order valence-corrected chi connectivity index (χ3v) is 3.90. The van der Waals surface area contributed by atoms with E-state index in [9.17, 15) is 18.0 Å². The van der Waals surface area contributed by atoms with Crippen LogP contribution < -0.4 is 5.32 Å². The van der Waals surface area contributed by atoms with Crippen molar-refractivity contribution >= 4 is 33.2 Å². The van der Waals surface area contributed by atoms with Crippen molar-refractivity contribution in [1.29, 1.82) is 0 Å². The highest BCUT2D eigenvalue weighted by atomic mass is 79.9. The molecule has 0 fully saturated rings. The highest BCUT2D eigenvalue weighted by Crippen LogP contribution is 2.33. The molecule has 20 heavy (non-hydrogen) atoms. The minimum Gasteiger partial charge on any atom is -0.347 e. The van der Waals surface area contributed by atoms with Crippen molar-refractivity contribution in [2.45, 2.75) is 12.7 Å². The van der Waals surface area contributed by atoms with Crippen molar-refractivity contribution in [2.24, 2.45) is 0 Å². The second-order valence-corrected chi connectivity index (χ2v) is 5.90. The van der Waals surface area contributed by atoms with Crippen LogP contribution in [0.5, 0.6) is 0 Å². The Hall–Kier alpha value is -1.34. The van der Waals surface area contributed by atoms with Crippen LogP contribution in [-0.4, -0.2) is 5.91 Å². The second kappa shape index (κ2) is 5.97. The summed E-state index contributed by atoms with van der Waals surface area (Å²) in [6.07, 6.45) is -4.57. The molecule has 2 aromatic rings. The molecule has 1 amide bonds. The van der Waals surface area contributed by atoms with Gasteiger partial charge in [0.25, 0.3) is 5.91 Å². The topological polar surface area (TPSA) is 29.1 Å². The Morgan fingerprint density at radius 3 is 2.65 bits per heavy atom. The van der Waals surface area contributed by atoms with E-state index in [2.05, 4.69) is 21.2 Å².